The largest absolute Gasteiger partial charge is 0.490 e. The van der Waals surface area contributed by atoms with Crippen molar-refractivity contribution >= 4 is 15.9 Å². The van der Waals surface area contributed by atoms with Gasteiger partial charge in [0.05, 0.1) is 11.1 Å². The molecule has 0 fully saturated rings. The van der Waals surface area contributed by atoms with Crippen LogP contribution in [0.1, 0.15) is 23.9 Å². The molecule has 0 spiro atoms. The minimum atomic E-state index is 0.260. The molecule has 1 aromatic heterocycles. The molecule has 2 N–H and O–H groups in total. The molecule has 0 unspecified atom stereocenters. The van der Waals surface area contributed by atoms with E-state index >= 15 is 0 Å². The van der Waals surface area contributed by atoms with E-state index in [2.05, 4.69) is 30.9 Å². The fourth-order valence-corrected chi connectivity index (χ4v) is 2.27. The third kappa shape index (κ3) is 3.29. The highest BCUT2D eigenvalue weighted by Crippen LogP contribution is 2.37. The number of nitrogens with zero attached hydrogens (tertiary/aromatic N) is 2. The Morgan fingerprint density at radius 2 is 2.10 bits per heavy atom. The Bertz CT molecular complexity index is 586. The van der Waals surface area contributed by atoms with Crippen LogP contribution in [0.15, 0.2) is 21.2 Å². The van der Waals surface area contributed by atoms with Gasteiger partial charge < -0.3 is 15.2 Å². The van der Waals surface area contributed by atoms with E-state index in [1.165, 1.54) is 0 Å². The van der Waals surface area contributed by atoms with Gasteiger partial charge in [-0.25, -0.2) is 4.63 Å². The Labute approximate surface area is 125 Å². The van der Waals surface area contributed by atoms with Crippen LogP contribution in [0, 0.1) is 6.92 Å². The number of nitrogens with two attached hydrogens (primary N) is 1. The van der Waals surface area contributed by atoms with E-state index in [4.69, 9.17) is 15.2 Å². The molecule has 0 bridgehead atoms. The van der Waals surface area contributed by atoms with Crippen LogP contribution in [0.5, 0.6) is 11.5 Å². The van der Waals surface area contributed by atoms with Crippen molar-refractivity contribution in [1.82, 2.24) is 10.3 Å². The zero-order valence-corrected chi connectivity index (χ0v) is 12.9. The number of halogens is 1. The van der Waals surface area contributed by atoms with Crippen molar-refractivity contribution in [3.8, 4) is 11.5 Å². The highest BCUT2D eigenvalue weighted by molar-refractivity contribution is 9.10. The molecule has 0 saturated heterocycles. The third-order valence-electron chi connectivity index (χ3n) is 2.70. The summed E-state index contributed by atoms with van der Waals surface area (Å²) in [7, 11) is 0. The molecule has 7 heteroatoms. The van der Waals surface area contributed by atoms with Gasteiger partial charge in [-0.2, -0.15) is 0 Å². The summed E-state index contributed by atoms with van der Waals surface area (Å²) >= 11 is 3.47. The van der Waals surface area contributed by atoms with Crippen molar-refractivity contribution in [2.45, 2.75) is 27.0 Å². The van der Waals surface area contributed by atoms with Crippen LogP contribution >= 0.6 is 15.9 Å². The molecule has 1 heterocycles. The van der Waals surface area contributed by atoms with Gasteiger partial charge in [-0.05, 0) is 47.5 Å². The summed E-state index contributed by atoms with van der Waals surface area (Å²) < 4.78 is 16.8. The predicted molar refractivity (Wildman–Crippen MR) is 76.6 cm³/mol. The van der Waals surface area contributed by atoms with Gasteiger partial charge >= 0.3 is 0 Å². The molecule has 108 valence electrons. The summed E-state index contributed by atoms with van der Waals surface area (Å²) in [6.45, 7) is 4.96. The maximum atomic E-state index is 5.77. The van der Waals surface area contributed by atoms with Crippen LogP contribution in [0.2, 0.25) is 0 Å². The summed E-state index contributed by atoms with van der Waals surface area (Å²) in [6.07, 6.45) is 0. The van der Waals surface area contributed by atoms with E-state index < -0.39 is 0 Å². The lowest BCUT2D eigenvalue weighted by atomic mass is 10.2. The maximum Gasteiger partial charge on any atom is 0.175 e. The van der Waals surface area contributed by atoms with E-state index in [0.717, 1.165) is 10.0 Å². The molecule has 6 nitrogen and oxygen atoms in total. The van der Waals surface area contributed by atoms with Crippen LogP contribution in [0.3, 0.4) is 0 Å². The quantitative estimate of drug-likeness (QED) is 0.869. The van der Waals surface area contributed by atoms with Gasteiger partial charge in [0.25, 0.3) is 0 Å². The van der Waals surface area contributed by atoms with E-state index in [-0.39, 0.29) is 6.61 Å². The molecule has 0 atom stereocenters. The smallest absolute Gasteiger partial charge is 0.175 e. The van der Waals surface area contributed by atoms with Crippen molar-refractivity contribution in [3.05, 3.63) is 33.6 Å². The molecule has 2 aromatic rings. The molecule has 0 amide bonds. The van der Waals surface area contributed by atoms with E-state index in [1.54, 1.807) is 0 Å². The van der Waals surface area contributed by atoms with Gasteiger partial charge in [-0.1, -0.05) is 10.3 Å². The molecule has 0 saturated carbocycles. The normalized spacial score (nSPS) is 10.6. The number of rotatable bonds is 6. The monoisotopic (exact) mass is 341 g/mol. The lowest BCUT2D eigenvalue weighted by Crippen LogP contribution is -2.04. The molecule has 0 radical (unpaired) electrons. The summed E-state index contributed by atoms with van der Waals surface area (Å²) in [4.78, 5) is 0. The van der Waals surface area contributed by atoms with E-state index in [1.807, 2.05) is 26.0 Å². The van der Waals surface area contributed by atoms with Gasteiger partial charge in [0, 0.05) is 6.54 Å². The maximum absolute atomic E-state index is 5.77. The Hall–Kier alpha value is -1.60. The number of ether oxygens (including phenoxy) is 2. The molecule has 1 aromatic carbocycles. The topological polar surface area (TPSA) is 83.4 Å². The summed E-state index contributed by atoms with van der Waals surface area (Å²) in [5.41, 5.74) is 7.98. The van der Waals surface area contributed by atoms with Crippen LogP contribution < -0.4 is 15.2 Å². The zero-order chi connectivity index (χ0) is 14.5. The first-order valence-electron chi connectivity index (χ1n) is 6.21. The number of hydrogen-bond acceptors (Lipinski definition) is 6. The minimum Gasteiger partial charge on any atom is -0.490 e. The van der Waals surface area contributed by atoms with Crippen LogP contribution in [-0.4, -0.2) is 16.9 Å². The van der Waals surface area contributed by atoms with Crippen LogP contribution in [0.4, 0.5) is 0 Å². The fourth-order valence-electron chi connectivity index (χ4n) is 1.66. The lowest BCUT2D eigenvalue weighted by Gasteiger charge is -2.14. The van der Waals surface area contributed by atoms with Gasteiger partial charge in [-0.3, -0.25) is 0 Å². The second-order valence-corrected chi connectivity index (χ2v) is 4.98. The standard InChI is InChI=1S/C13H16BrN3O3/c1-3-18-12-5-9(6-15)4-10(14)13(12)19-7-11-8(2)16-20-17-11/h4-5H,3,6-7,15H2,1-2H3. The number of aryl methyl sites for hydroxylation is 1. The highest BCUT2D eigenvalue weighted by Gasteiger charge is 2.14. The average molecular weight is 342 g/mol. The van der Waals surface area contributed by atoms with Crippen molar-refractivity contribution < 1.29 is 14.1 Å². The second-order valence-electron chi connectivity index (χ2n) is 4.13. The average Bonchev–Trinajstić information content (AvgIpc) is 2.83. The number of benzene rings is 1. The molecular formula is C13H16BrN3O3. The molecule has 2 rings (SSSR count). The summed E-state index contributed by atoms with van der Waals surface area (Å²) in [5, 5.41) is 7.49. The van der Waals surface area contributed by atoms with Crippen molar-refractivity contribution in [2.75, 3.05) is 6.61 Å². The van der Waals surface area contributed by atoms with Gasteiger partial charge in [0.1, 0.15) is 18.0 Å². The van der Waals surface area contributed by atoms with Crippen molar-refractivity contribution in [1.29, 1.82) is 0 Å². The Morgan fingerprint density at radius 1 is 1.30 bits per heavy atom. The molecule has 0 aliphatic rings. The summed E-state index contributed by atoms with van der Waals surface area (Å²) in [5.74, 6) is 1.27. The molecule has 0 aliphatic carbocycles. The zero-order valence-electron chi connectivity index (χ0n) is 11.4. The van der Waals surface area contributed by atoms with E-state index in [0.29, 0.717) is 36.0 Å². The lowest BCUT2D eigenvalue weighted by molar-refractivity contribution is 0.251. The number of aromatic nitrogens is 2. The first-order valence-corrected chi connectivity index (χ1v) is 7.01. The second kappa shape index (κ2) is 6.71. The highest BCUT2D eigenvalue weighted by atomic mass is 79.9. The molecule has 20 heavy (non-hydrogen) atoms. The Kier molecular flexibility index (Phi) is 4.97. The summed E-state index contributed by atoms with van der Waals surface area (Å²) in [6, 6.07) is 3.78. The molecule has 0 aliphatic heterocycles. The first-order chi connectivity index (χ1) is 9.65. The van der Waals surface area contributed by atoms with Gasteiger partial charge in [-0.15, -0.1) is 0 Å². The van der Waals surface area contributed by atoms with Gasteiger partial charge in [0.15, 0.2) is 11.5 Å². The fraction of sp³-hybridized carbons (Fsp3) is 0.385. The molecular weight excluding hydrogens is 326 g/mol. The van der Waals surface area contributed by atoms with Crippen molar-refractivity contribution in [3.63, 3.8) is 0 Å². The SMILES string of the molecule is CCOc1cc(CN)cc(Br)c1OCc1nonc1C. The van der Waals surface area contributed by atoms with Crippen LogP contribution in [-0.2, 0) is 13.2 Å². The van der Waals surface area contributed by atoms with Gasteiger partial charge in [0.2, 0.25) is 0 Å². The Balaban J connectivity index is 2.23. The van der Waals surface area contributed by atoms with Crippen LogP contribution in [0.25, 0.3) is 0 Å². The third-order valence-corrected chi connectivity index (χ3v) is 3.29. The number of hydrogen-bond donors (Lipinski definition) is 1. The minimum absolute atomic E-state index is 0.260. The van der Waals surface area contributed by atoms with Crippen molar-refractivity contribution in [2.24, 2.45) is 5.73 Å². The predicted octanol–water partition coefficient (Wildman–Crippen LogP) is 2.58. The Morgan fingerprint density at radius 3 is 2.70 bits per heavy atom. The van der Waals surface area contributed by atoms with E-state index in [9.17, 15) is 0 Å². The first kappa shape index (κ1) is 14.8.